The molecule has 1 aliphatic rings. The van der Waals surface area contributed by atoms with Crippen LogP contribution in [-0.4, -0.2) is 47.4 Å². The molecule has 1 heterocycles. The van der Waals surface area contributed by atoms with Gasteiger partial charge in [0.1, 0.15) is 12.1 Å². The number of carbonyl (C=O) groups excluding carboxylic acids is 4. The van der Waals surface area contributed by atoms with Crippen molar-refractivity contribution in [1.29, 1.82) is 0 Å². The molecule has 1 atom stereocenters. The highest BCUT2D eigenvalue weighted by atomic mass is 16.5. The Hall–Kier alpha value is -2.90. The number of hydrogen-bond acceptors (Lipinski definition) is 5. The lowest BCUT2D eigenvalue weighted by Gasteiger charge is -2.22. The Balaban J connectivity index is 1.83. The molecule has 1 saturated heterocycles. The van der Waals surface area contributed by atoms with Crippen LogP contribution < -0.4 is 10.6 Å². The van der Waals surface area contributed by atoms with Gasteiger partial charge in [-0.2, -0.15) is 0 Å². The molecule has 0 aromatic heterocycles. The molecule has 0 unspecified atom stereocenters. The Morgan fingerprint density at radius 2 is 1.76 bits per heavy atom. The van der Waals surface area contributed by atoms with Gasteiger partial charge in [0, 0.05) is 0 Å². The summed E-state index contributed by atoms with van der Waals surface area (Å²) in [7, 11) is 0. The van der Waals surface area contributed by atoms with E-state index in [0.717, 1.165) is 16.9 Å². The van der Waals surface area contributed by atoms with E-state index in [1.165, 1.54) is 5.56 Å². The van der Waals surface area contributed by atoms with Gasteiger partial charge >= 0.3 is 12.0 Å². The molecular formula is C21H29N3O5. The number of imide groups is 1. The Labute approximate surface area is 171 Å². The topological polar surface area (TPSA) is 105 Å². The maximum atomic E-state index is 12.5. The van der Waals surface area contributed by atoms with Gasteiger partial charge in [0.05, 0.1) is 6.04 Å². The number of rotatable bonds is 9. The minimum absolute atomic E-state index is 0.243. The number of carbonyl (C=O) groups is 4. The van der Waals surface area contributed by atoms with Gasteiger partial charge in [-0.3, -0.25) is 19.3 Å². The minimum atomic E-state index is -0.975. The summed E-state index contributed by atoms with van der Waals surface area (Å²) in [6.07, 6.45) is 1.80. The minimum Gasteiger partial charge on any atom is -0.454 e. The molecule has 4 amide bonds. The Morgan fingerprint density at radius 3 is 2.28 bits per heavy atom. The highest BCUT2D eigenvalue weighted by Crippen LogP contribution is 2.24. The van der Waals surface area contributed by atoms with E-state index in [2.05, 4.69) is 17.6 Å². The molecule has 2 N–H and O–H groups in total. The Kier molecular flexibility index (Phi) is 7.36. The fourth-order valence-corrected chi connectivity index (χ4v) is 3.28. The Morgan fingerprint density at radius 1 is 1.14 bits per heavy atom. The molecule has 1 fully saturated rings. The zero-order valence-electron chi connectivity index (χ0n) is 17.4. The highest BCUT2D eigenvalue weighted by Gasteiger charge is 2.49. The van der Waals surface area contributed by atoms with E-state index >= 15 is 0 Å². The van der Waals surface area contributed by atoms with Crippen LogP contribution in [0.3, 0.4) is 0 Å². The number of benzene rings is 1. The van der Waals surface area contributed by atoms with E-state index in [4.69, 9.17) is 4.74 Å². The lowest BCUT2D eigenvalue weighted by atomic mass is 9.93. The van der Waals surface area contributed by atoms with Crippen LogP contribution in [0.25, 0.3) is 0 Å². The number of urea groups is 1. The van der Waals surface area contributed by atoms with Crippen molar-refractivity contribution in [3.8, 4) is 0 Å². The standard InChI is InChI=1S/C21H29N3O5/c1-5-15-8-10-16(11-9-15)14(4)22-17(25)13-29-18(26)12-24-19(27)21(6-2,7-3)23-20(24)28/h8-11,14H,5-7,12-13H2,1-4H3,(H,22,25)(H,23,28)/t14-/m0/s1. The lowest BCUT2D eigenvalue weighted by molar-refractivity contribution is -0.151. The van der Waals surface area contributed by atoms with Crippen molar-refractivity contribution >= 4 is 23.8 Å². The fourth-order valence-electron chi connectivity index (χ4n) is 3.28. The monoisotopic (exact) mass is 403 g/mol. The number of aryl methyl sites for hydroxylation is 1. The molecule has 158 valence electrons. The first kappa shape index (κ1) is 22.4. The second-order valence-corrected chi connectivity index (χ2v) is 7.16. The lowest BCUT2D eigenvalue weighted by Crippen LogP contribution is -2.46. The smallest absolute Gasteiger partial charge is 0.326 e. The molecule has 0 aliphatic carbocycles. The molecule has 0 bridgehead atoms. The summed E-state index contributed by atoms with van der Waals surface area (Å²) in [5.74, 6) is -1.72. The number of amides is 4. The van der Waals surface area contributed by atoms with E-state index in [-0.39, 0.29) is 6.04 Å². The van der Waals surface area contributed by atoms with Crippen LogP contribution >= 0.6 is 0 Å². The van der Waals surface area contributed by atoms with Gasteiger partial charge in [0.15, 0.2) is 6.61 Å². The van der Waals surface area contributed by atoms with Crippen molar-refractivity contribution in [3.05, 3.63) is 35.4 Å². The summed E-state index contributed by atoms with van der Waals surface area (Å²) in [5.41, 5.74) is 1.17. The van der Waals surface area contributed by atoms with Crippen molar-refractivity contribution in [2.24, 2.45) is 0 Å². The molecule has 1 aliphatic heterocycles. The summed E-state index contributed by atoms with van der Waals surface area (Å²) in [6.45, 7) is 6.50. The van der Waals surface area contributed by atoms with Crippen LogP contribution in [0.5, 0.6) is 0 Å². The van der Waals surface area contributed by atoms with Gasteiger partial charge in [0.25, 0.3) is 11.8 Å². The van der Waals surface area contributed by atoms with Crippen LogP contribution in [0, 0.1) is 0 Å². The quantitative estimate of drug-likeness (QED) is 0.485. The summed E-state index contributed by atoms with van der Waals surface area (Å²) >= 11 is 0. The summed E-state index contributed by atoms with van der Waals surface area (Å²) in [5, 5.41) is 5.40. The Bertz CT molecular complexity index is 771. The number of ether oxygens (including phenoxy) is 1. The summed E-state index contributed by atoms with van der Waals surface area (Å²) in [6, 6.07) is 7.03. The number of esters is 1. The number of nitrogens with one attached hydrogen (secondary N) is 2. The number of nitrogens with zero attached hydrogens (tertiary/aromatic N) is 1. The third kappa shape index (κ3) is 5.13. The van der Waals surface area contributed by atoms with E-state index in [1.807, 2.05) is 31.2 Å². The maximum Gasteiger partial charge on any atom is 0.326 e. The largest absolute Gasteiger partial charge is 0.454 e. The second kappa shape index (κ2) is 9.54. The van der Waals surface area contributed by atoms with Crippen molar-refractivity contribution in [3.63, 3.8) is 0 Å². The van der Waals surface area contributed by atoms with Gasteiger partial charge in [-0.15, -0.1) is 0 Å². The van der Waals surface area contributed by atoms with Gasteiger partial charge in [0.2, 0.25) is 0 Å². The molecule has 0 saturated carbocycles. The van der Waals surface area contributed by atoms with Gasteiger partial charge in [-0.1, -0.05) is 45.0 Å². The molecule has 8 nitrogen and oxygen atoms in total. The fraction of sp³-hybridized carbons (Fsp3) is 0.524. The van der Waals surface area contributed by atoms with Crippen LogP contribution in [0.1, 0.15) is 57.7 Å². The SMILES string of the molecule is CCc1ccc([C@H](C)NC(=O)COC(=O)CN2C(=O)NC(CC)(CC)C2=O)cc1. The number of hydrogen-bond donors (Lipinski definition) is 2. The predicted octanol–water partition coefficient (Wildman–Crippen LogP) is 2.08. The van der Waals surface area contributed by atoms with E-state index < -0.39 is 42.5 Å². The molecule has 29 heavy (non-hydrogen) atoms. The first-order chi connectivity index (χ1) is 13.8. The molecule has 1 aromatic rings. The van der Waals surface area contributed by atoms with Gasteiger partial charge < -0.3 is 15.4 Å². The van der Waals surface area contributed by atoms with E-state index in [9.17, 15) is 19.2 Å². The molecule has 2 rings (SSSR count). The average molecular weight is 403 g/mol. The molecule has 1 aromatic carbocycles. The molecule has 8 heteroatoms. The zero-order chi connectivity index (χ0) is 21.6. The normalized spacial score (nSPS) is 16.3. The van der Waals surface area contributed by atoms with Crippen LogP contribution in [0.4, 0.5) is 4.79 Å². The summed E-state index contributed by atoms with van der Waals surface area (Å²) < 4.78 is 4.95. The van der Waals surface area contributed by atoms with E-state index in [1.54, 1.807) is 13.8 Å². The van der Waals surface area contributed by atoms with Crippen LogP contribution in [0.15, 0.2) is 24.3 Å². The summed E-state index contributed by atoms with van der Waals surface area (Å²) in [4.78, 5) is 49.5. The average Bonchev–Trinajstić information content (AvgIpc) is 2.96. The maximum absolute atomic E-state index is 12.5. The van der Waals surface area contributed by atoms with Gasteiger partial charge in [-0.25, -0.2) is 4.79 Å². The first-order valence-electron chi connectivity index (χ1n) is 9.94. The third-order valence-corrected chi connectivity index (χ3v) is 5.37. The first-order valence-corrected chi connectivity index (χ1v) is 9.94. The van der Waals surface area contributed by atoms with Gasteiger partial charge in [-0.05, 0) is 37.3 Å². The molecular weight excluding hydrogens is 374 g/mol. The molecule has 0 spiro atoms. The van der Waals surface area contributed by atoms with E-state index in [0.29, 0.717) is 12.8 Å². The molecule has 0 radical (unpaired) electrons. The predicted molar refractivity (Wildman–Crippen MR) is 107 cm³/mol. The second-order valence-electron chi connectivity index (χ2n) is 7.16. The highest BCUT2D eigenvalue weighted by molar-refractivity contribution is 6.08. The van der Waals surface area contributed by atoms with Crippen LogP contribution in [0.2, 0.25) is 0 Å². The van der Waals surface area contributed by atoms with Crippen molar-refractivity contribution in [1.82, 2.24) is 15.5 Å². The van der Waals surface area contributed by atoms with Crippen molar-refractivity contribution in [2.75, 3.05) is 13.2 Å². The third-order valence-electron chi connectivity index (χ3n) is 5.37. The van der Waals surface area contributed by atoms with Crippen LogP contribution in [-0.2, 0) is 25.5 Å². The zero-order valence-corrected chi connectivity index (χ0v) is 17.4. The van der Waals surface area contributed by atoms with Crippen molar-refractivity contribution < 1.29 is 23.9 Å². The van der Waals surface area contributed by atoms with Crippen molar-refractivity contribution in [2.45, 2.75) is 58.5 Å².